The molecule has 2 rings (SSSR count). The Labute approximate surface area is 183 Å². The highest BCUT2D eigenvalue weighted by Gasteiger charge is 2.81. The Balaban J connectivity index is 2.15. The fourth-order valence-corrected chi connectivity index (χ4v) is 2.52. The first kappa shape index (κ1) is 26.1. The molecular weight excluding hydrogens is 466 g/mol. The van der Waals surface area contributed by atoms with Gasteiger partial charge in [0.15, 0.2) is 13.2 Å². The van der Waals surface area contributed by atoms with E-state index in [1.807, 2.05) is 0 Å². The molecule has 0 unspecified atom stereocenters. The van der Waals surface area contributed by atoms with E-state index in [1.54, 1.807) is 19.0 Å². The minimum atomic E-state index is -6.51. The number of nitrogen functional groups attached to an aromatic ring is 2. The Kier molecular flexibility index (Phi) is 7.15. The molecule has 0 spiro atoms. The summed E-state index contributed by atoms with van der Waals surface area (Å²) in [5.41, 5.74) is 11.1. The molecule has 0 amide bonds. The van der Waals surface area contributed by atoms with Crippen molar-refractivity contribution in [3.05, 3.63) is 42.5 Å². The second-order valence-corrected chi connectivity index (χ2v) is 7.32. The topological polar surface area (TPSA) is 73.7 Å². The van der Waals surface area contributed by atoms with E-state index in [2.05, 4.69) is 9.47 Å². The summed E-state index contributed by atoms with van der Waals surface area (Å²) in [4.78, 5) is 1.63. The predicted octanol–water partition coefficient (Wildman–Crippen LogP) is 4.92. The first-order valence-corrected chi connectivity index (χ1v) is 9.21. The number of benzene rings is 2. The fraction of sp³-hybridized carbons (Fsp3) is 0.400. The number of hydrogen-bond acceptors (Lipinski definition) is 5. The van der Waals surface area contributed by atoms with Crippen LogP contribution in [-0.2, 0) is 0 Å². The summed E-state index contributed by atoms with van der Waals surface area (Å²) in [6.07, 6.45) is 0. The molecule has 0 atom stereocenters. The van der Waals surface area contributed by atoms with Crippen molar-refractivity contribution in [3.63, 3.8) is 0 Å². The monoisotopic (exact) mass is 487 g/mol. The van der Waals surface area contributed by atoms with Crippen LogP contribution in [0.2, 0.25) is 0 Å². The van der Waals surface area contributed by atoms with E-state index >= 15 is 0 Å². The maximum absolute atomic E-state index is 14.0. The van der Waals surface area contributed by atoms with Gasteiger partial charge in [-0.2, -0.15) is 35.1 Å². The third-order valence-corrected chi connectivity index (χ3v) is 4.53. The van der Waals surface area contributed by atoms with E-state index in [4.69, 9.17) is 11.5 Å². The molecule has 184 valence electrons. The van der Waals surface area contributed by atoms with Crippen LogP contribution < -0.4 is 25.8 Å². The number of alkyl halides is 8. The summed E-state index contributed by atoms with van der Waals surface area (Å²) in [5.74, 6) is -25.3. The van der Waals surface area contributed by atoms with Crippen LogP contribution in [0.5, 0.6) is 11.5 Å². The van der Waals surface area contributed by atoms with Gasteiger partial charge in [-0.15, -0.1) is 0 Å². The van der Waals surface area contributed by atoms with Gasteiger partial charge < -0.3 is 25.8 Å². The average Bonchev–Trinajstić information content (AvgIpc) is 2.71. The molecule has 0 aliphatic rings. The summed E-state index contributed by atoms with van der Waals surface area (Å²) in [6.45, 7) is -4.63. The highest BCUT2D eigenvalue weighted by atomic mass is 19.4. The molecule has 0 aromatic heterocycles. The largest absolute Gasteiger partial charge is 0.487 e. The van der Waals surface area contributed by atoms with E-state index in [0.29, 0.717) is 5.69 Å². The summed E-state index contributed by atoms with van der Waals surface area (Å²) >= 11 is 0. The van der Waals surface area contributed by atoms with Crippen molar-refractivity contribution < 1.29 is 44.6 Å². The molecule has 0 radical (unpaired) electrons. The first-order valence-electron chi connectivity index (χ1n) is 9.21. The van der Waals surface area contributed by atoms with E-state index < -0.39 is 42.7 Å². The van der Waals surface area contributed by atoms with Crippen LogP contribution in [0.15, 0.2) is 42.5 Å². The number of nitrogens with zero attached hydrogens (tertiary/aromatic N) is 1. The zero-order chi connectivity index (χ0) is 25.2. The maximum atomic E-state index is 14.0. The molecule has 33 heavy (non-hydrogen) atoms. The molecule has 0 aliphatic heterocycles. The van der Waals surface area contributed by atoms with Crippen LogP contribution in [0.1, 0.15) is 0 Å². The molecule has 13 heteroatoms. The van der Waals surface area contributed by atoms with Crippen molar-refractivity contribution in [2.24, 2.45) is 0 Å². The minimum Gasteiger partial charge on any atom is -0.487 e. The molecule has 0 heterocycles. The molecule has 0 saturated heterocycles. The highest BCUT2D eigenvalue weighted by Crippen LogP contribution is 2.52. The molecule has 0 aliphatic carbocycles. The SMILES string of the molecule is CN(C)c1ccc(OCC(F)(F)C(F)(F)C(F)(F)C(F)(F)COc2ccc(N)cc2N)cc1. The maximum Gasteiger partial charge on any atom is 0.381 e. The molecule has 0 bridgehead atoms. The quantitative estimate of drug-likeness (QED) is 0.368. The van der Waals surface area contributed by atoms with Crippen LogP contribution in [0.3, 0.4) is 0 Å². The van der Waals surface area contributed by atoms with Crippen LogP contribution in [0, 0.1) is 0 Å². The molecular formula is C20H21F8N3O2. The normalized spacial score (nSPS) is 13.0. The Morgan fingerprint density at radius 2 is 1.21 bits per heavy atom. The predicted molar refractivity (Wildman–Crippen MR) is 107 cm³/mol. The van der Waals surface area contributed by atoms with E-state index in [0.717, 1.165) is 30.3 Å². The number of rotatable bonds is 10. The van der Waals surface area contributed by atoms with Crippen molar-refractivity contribution in [1.29, 1.82) is 0 Å². The second-order valence-electron chi connectivity index (χ2n) is 7.32. The van der Waals surface area contributed by atoms with Crippen LogP contribution in [0.4, 0.5) is 52.2 Å². The molecule has 2 aromatic rings. The van der Waals surface area contributed by atoms with Crippen molar-refractivity contribution >= 4 is 17.1 Å². The Morgan fingerprint density at radius 3 is 1.67 bits per heavy atom. The molecule has 4 N–H and O–H groups in total. The molecule has 0 saturated carbocycles. The third kappa shape index (κ3) is 5.28. The van der Waals surface area contributed by atoms with Gasteiger partial charge in [-0.05, 0) is 42.5 Å². The van der Waals surface area contributed by atoms with Gasteiger partial charge in [0.2, 0.25) is 0 Å². The molecule has 5 nitrogen and oxygen atoms in total. The lowest BCUT2D eigenvalue weighted by atomic mass is 9.99. The van der Waals surface area contributed by atoms with Crippen molar-refractivity contribution in [1.82, 2.24) is 0 Å². The van der Waals surface area contributed by atoms with Crippen LogP contribution in [-0.4, -0.2) is 51.0 Å². The van der Waals surface area contributed by atoms with Gasteiger partial charge >= 0.3 is 23.7 Å². The third-order valence-electron chi connectivity index (χ3n) is 4.53. The Bertz CT molecular complexity index is 953. The van der Waals surface area contributed by atoms with Crippen molar-refractivity contribution in [3.8, 4) is 11.5 Å². The number of nitrogens with two attached hydrogens (primary N) is 2. The lowest BCUT2D eigenvalue weighted by Crippen LogP contribution is -2.65. The number of anilines is 3. The summed E-state index contributed by atoms with van der Waals surface area (Å²) in [6, 6.07) is 8.11. The lowest BCUT2D eigenvalue weighted by Gasteiger charge is -2.36. The zero-order valence-electron chi connectivity index (χ0n) is 17.4. The van der Waals surface area contributed by atoms with E-state index in [9.17, 15) is 35.1 Å². The van der Waals surface area contributed by atoms with Crippen molar-refractivity contribution in [2.75, 3.05) is 43.7 Å². The molecule has 2 aromatic carbocycles. The molecule has 0 fully saturated rings. The number of ether oxygens (including phenoxy) is 2. The first-order chi connectivity index (χ1) is 15.0. The smallest absolute Gasteiger partial charge is 0.381 e. The van der Waals surface area contributed by atoms with Gasteiger partial charge in [-0.25, -0.2) is 0 Å². The summed E-state index contributed by atoms with van der Waals surface area (Å²) in [7, 11) is 3.33. The minimum absolute atomic E-state index is 0.0828. The lowest BCUT2D eigenvalue weighted by molar-refractivity contribution is -0.371. The Hall–Kier alpha value is -3.12. The van der Waals surface area contributed by atoms with E-state index in [1.165, 1.54) is 12.1 Å². The standard InChI is InChI=1S/C20H21F8N3O2/c1-31(2)13-4-6-14(7-5-13)32-10-17(21,22)19(25,26)20(27,28)18(23,24)11-33-16-8-3-12(29)9-15(16)30/h3-9H,10-11,29-30H2,1-2H3. The highest BCUT2D eigenvalue weighted by molar-refractivity contribution is 5.60. The number of halogens is 8. The van der Waals surface area contributed by atoms with Gasteiger partial charge in [-0.3, -0.25) is 0 Å². The Morgan fingerprint density at radius 1 is 0.727 bits per heavy atom. The van der Waals surface area contributed by atoms with Gasteiger partial charge in [-0.1, -0.05) is 0 Å². The van der Waals surface area contributed by atoms with E-state index in [-0.39, 0.29) is 17.1 Å². The van der Waals surface area contributed by atoms with Gasteiger partial charge in [0, 0.05) is 25.5 Å². The van der Waals surface area contributed by atoms with Crippen LogP contribution in [0.25, 0.3) is 0 Å². The van der Waals surface area contributed by atoms with Gasteiger partial charge in [0.1, 0.15) is 11.5 Å². The zero-order valence-corrected chi connectivity index (χ0v) is 17.4. The van der Waals surface area contributed by atoms with Gasteiger partial charge in [0.05, 0.1) is 5.69 Å². The summed E-state index contributed by atoms with van der Waals surface area (Å²) in [5, 5.41) is 0. The fourth-order valence-electron chi connectivity index (χ4n) is 2.52. The average molecular weight is 487 g/mol. The number of hydrogen-bond donors (Lipinski definition) is 2. The van der Waals surface area contributed by atoms with Crippen molar-refractivity contribution in [2.45, 2.75) is 23.7 Å². The van der Waals surface area contributed by atoms with Gasteiger partial charge in [0.25, 0.3) is 0 Å². The van der Waals surface area contributed by atoms with Crippen LogP contribution >= 0.6 is 0 Å². The summed E-state index contributed by atoms with van der Waals surface area (Å²) < 4.78 is 121. The second kappa shape index (κ2) is 9.02.